The third kappa shape index (κ3) is 8.60. The Labute approximate surface area is 328 Å². The average Bonchev–Trinajstić information content (AvgIpc) is 3.52. The molecule has 4 aromatic heterocycles. The first-order chi connectivity index (χ1) is 26.0. The van der Waals surface area contributed by atoms with E-state index in [9.17, 15) is 0 Å². The smallest absolute Gasteiger partial charge is 0 e. The standard InChI is InChI=1S/C27H23N2O.C18H24GeN.Ir/c1-17(2)20-14-15-28-25(16-20)23-11-7-10-21-22-12-13-24(29-27(22)30-26(21)23)18(3)19-8-5-4-6-9-19;1-13(2)16-11-18(15-9-7-14(3)8-10-15)20-12-17(16)19(4,5)6;/h4-10,12-18H,1-3H3;7-9,11-13H,1-6H3;/q2*-1;/i17D,18D;3D3,13D;. The molecule has 4 heterocycles. The molecule has 1 atom stereocenters. The summed E-state index contributed by atoms with van der Waals surface area (Å²) in [5, 5.41) is 1.82. The van der Waals surface area contributed by atoms with E-state index < -0.39 is 37.8 Å². The number of nitrogens with zero attached hydrogens (tertiary/aromatic N) is 3. The minimum Gasteiger partial charge on any atom is 0 e. The topological polar surface area (TPSA) is 51.8 Å². The summed E-state index contributed by atoms with van der Waals surface area (Å²) in [7, 11) is 0. The molecular weight excluding hydrogens is 863 g/mol. The first kappa shape index (κ1) is 30.7. The number of hydrogen-bond acceptors (Lipinski definition) is 4. The van der Waals surface area contributed by atoms with Crippen molar-refractivity contribution in [1.29, 1.82) is 0 Å². The van der Waals surface area contributed by atoms with Crippen molar-refractivity contribution in [1.82, 2.24) is 15.0 Å². The Balaban J connectivity index is 0.000000223. The molecule has 0 aliphatic carbocycles. The summed E-state index contributed by atoms with van der Waals surface area (Å²) in [6.45, 7) is 7.22. The molecule has 7 aromatic rings. The molecule has 6 heteroatoms. The Kier molecular flexibility index (Phi) is 9.75. The Hall–Kier alpha value is -3.90. The fourth-order valence-corrected chi connectivity index (χ4v) is 9.25. The minimum atomic E-state index is -2.14. The van der Waals surface area contributed by atoms with E-state index in [2.05, 4.69) is 39.4 Å². The maximum absolute atomic E-state index is 8.94. The van der Waals surface area contributed by atoms with Crippen LogP contribution in [0.15, 0.2) is 108 Å². The van der Waals surface area contributed by atoms with Crippen LogP contribution in [0.4, 0.5) is 0 Å². The third-order valence-electron chi connectivity index (χ3n) is 8.82. The van der Waals surface area contributed by atoms with Crippen molar-refractivity contribution in [3.05, 3.63) is 143 Å². The maximum atomic E-state index is 8.94. The first-order valence-corrected chi connectivity index (χ1v) is 24.2. The third-order valence-corrected chi connectivity index (χ3v) is 13.0. The van der Waals surface area contributed by atoms with Crippen molar-refractivity contribution >= 4 is 39.7 Å². The van der Waals surface area contributed by atoms with Gasteiger partial charge in [0.25, 0.3) is 0 Å². The number of fused-ring (bicyclic) bond motifs is 3. The van der Waals surface area contributed by atoms with E-state index >= 15 is 0 Å². The summed E-state index contributed by atoms with van der Waals surface area (Å²) in [6, 6.07) is 34.3. The molecule has 0 aliphatic heterocycles. The maximum Gasteiger partial charge on any atom is 0 e. The van der Waals surface area contributed by atoms with Crippen LogP contribution in [0.5, 0.6) is 0 Å². The van der Waals surface area contributed by atoms with Gasteiger partial charge in [-0.15, -0.1) is 18.2 Å². The van der Waals surface area contributed by atoms with Gasteiger partial charge in [0.2, 0.25) is 5.71 Å². The zero-order valence-corrected chi connectivity index (χ0v) is 34.9. The van der Waals surface area contributed by atoms with Gasteiger partial charge in [-0.1, -0.05) is 73.7 Å². The van der Waals surface area contributed by atoms with Gasteiger partial charge < -0.3 is 9.40 Å². The molecule has 51 heavy (non-hydrogen) atoms. The molecule has 1 radical (unpaired) electrons. The van der Waals surface area contributed by atoms with Crippen LogP contribution in [0.1, 0.15) is 88.5 Å². The zero-order valence-electron chi connectivity index (χ0n) is 36.4. The Morgan fingerprint density at radius 2 is 1.57 bits per heavy atom. The van der Waals surface area contributed by atoms with Gasteiger partial charge in [-0.25, -0.2) is 4.98 Å². The van der Waals surface area contributed by atoms with E-state index in [1.807, 2.05) is 114 Å². The van der Waals surface area contributed by atoms with Gasteiger partial charge in [0.1, 0.15) is 0 Å². The summed E-state index contributed by atoms with van der Waals surface area (Å²) < 4.78 is 55.5. The summed E-state index contributed by atoms with van der Waals surface area (Å²) >= 11 is -2.14. The van der Waals surface area contributed by atoms with Crippen molar-refractivity contribution in [2.45, 2.75) is 76.4 Å². The fraction of sp³-hybridized carbons (Fsp3) is 0.267. The number of rotatable bonds is 7. The van der Waals surface area contributed by atoms with Gasteiger partial charge in [-0.2, -0.15) is 0 Å². The average molecular weight is 917 g/mol. The second-order valence-electron chi connectivity index (χ2n) is 14.0. The van der Waals surface area contributed by atoms with E-state index in [0.717, 1.165) is 44.3 Å². The van der Waals surface area contributed by atoms with Crippen molar-refractivity contribution < 1.29 is 32.7 Å². The summed E-state index contributed by atoms with van der Waals surface area (Å²) in [6.07, 6.45) is 3.63. The van der Waals surface area contributed by atoms with Crippen molar-refractivity contribution in [3.8, 4) is 22.5 Å². The number of aromatic nitrogens is 3. The molecule has 0 amide bonds. The fourth-order valence-electron chi connectivity index (χ4n) is 5.93. The van der Waals surface area contributed by atoms with Crippen LogP contribution in [0.3, 0.4) is 0 Å². The Morgan fingerprint density at radius 1 is 0.784 bits per heavy atom. The molecule has 0 bridgehead atoms. The Bertz CT molecular complexity index is 2500. The van der Waals surface area contributed by atoms with Crippen LogP contribution in [0, 0.1) is 19.0 Å². The van der Waals surface area contributed by atoms with E-state index in [4.69, 9.17) is 17.6 Å². The van der Waals surface area contributed by atoms with E-state index in [0.29, 0.717) is 22.7 Å². The van der Waals surface area contributed by atoms with Crippen molar-refractivity contribution in [2.24, 2.45) is 0 Å². The summed E-state index contributed by atoms with van der Waals surface area (Å²) in [4.78, 5) is 13.8. The molecule has 263 valence electrons. The predicted octanol–water partition coefficient (Wildman–Crippen LogP) is 11.6. The predicted molar refractivity (Wildman–Crippen MR) is 212 cm³/mol. The van der Waals surface area contributed by atoms with Crippen molar-refractivity contribution in [2.75, 3.05) is 0 Å². The zero-order chi connectivity index (χ0) is 40.8. The van der Waals surface area contributed by atoms with Gasteiger partial charge in [0.15, 0.2) is 0 Å². The number of hydrogen-bond donors (Lipinski definition) is 0. The quantitative estimate of drug-likeness (QED) is 0.118. The number of pyridine rings is 3. The van der Waals surface area contributed by atoms with Crippen LogP contribution < -0.4 is 4.40 Å². The molecule has 0 saturated heterocycles. The molecule has 0 spiro atoms. The second-order valence-corrected chi connectivity index (χ2v) is 24.6. The summed E-state index contributed by atoms with van der Waals surface area (Å²) in [5.41, 5.74) is 7.73. The van der Waals surface area contributed by atoms with E-state index in [1.54, 1.807) is 18.3 Å². The molecule has 0 fully saturated rings. The van der Waals surface area contributed by atoms with Gasteiger partial charge in [0.05, 0.1) is 11.3 Å². The molecular formula is C45H47GeIrN3O-2. The largest absolute Gasteiger partial charge is 0 e. The molecule has 7 rings (SSSR count). The molecule has 0 aliphatic rings. The molecule has 4 nitrogen and oxygen atoms in total. The molecule has 0 N–H and O–H groups in total. The van der Waals surface area contributed by atoms with Crippen LogP contribution in [-0.2, 0) is 20.1 Å². The SMILES string of the molecule is [2H]C(C)(C)c1ccnc(-c2[c-]ccc3c2oc2nc(C([2H])(C)c4ccccc4)ccc23)c1.[2H]C([2H])([2H])c1c[c-]c(-c2cc(C([2H])(C)C)[c]([Ge]([CH3])([CH3])[CH3])cn2)cc1.[Ir]. The number of aryl methyl sites for hydroxylation is 1. The minimum absolute atomic E-state index is 0. The summed E-state index contributed by atoms with van der Waals surface area (Å²) in [5.74, 6) is 4.45. The molecule has 1 unspecified atom stereocenters. The van der Waals surface area contributed by atoms with Crippen LogP contribution in [0.2, 0.25) is 17.3 Å². The van der Waals surface area contributed by atoms with E-state index in [1.165, 1.54) is 10.5 Å². The molecule has 3 aromatic carbocycles. The first-order valence-electron chi connectivity index (χ1n) is 19.9. The van der Waals surface area contributed by atoms with Gasteiger partial charge in [-0.05, 0) is 35.4 Å². The number of benzene rings is 3. The van der Waals surface area contributed by atoms with Crippen LogP contribution in [0.25, 0.3) is 44.6 Å². The van der Waals surface area contributed by atoms with Gasteiger partial charge >= 0.3 is 131 Å². The number of furan rings is 1. The Morgan fingerprint density at radius 3 is 2.24 bits per heavy atom. The normalized spacial score (nSPS) is 15.1. The van der Waals surface area contributed by atoms with E-state index in [-0.39, 0.29) is 25.7 Å². The molecule has 0 saturated carbocycles. The van der Waals surface area contributed by atoms with Gasteiger partial charge in [-0.3, -0.25) is 0 Å². The second kappa shape index (κ2) is 16.2. The van der Waals surface area contributed by atoms with Crippen molar-refractivity contribution in [3.63, 3.8) is 0 Å². The van der Waals surface area contributed by atoms with Gasteiger partial charge in [0, 0.05) is 40.3 Å². The van der Waals surface area contributed by atoms with Crippen LogP contribution in [-0.4, -0.2) is 28.2 Å². The monoisotopic (exact) mass is 918 g/mol. The van der Waals surface area contributed by atoms with Crippen LogP contribution >= 0.6 is 0 Å².